The third kappa shape index (κ3) is 4.40. The zero-order valence-electron chi connectivity index (χ0n) is 20.4. The lowest BCUT2D eigenvalue weighted by atomic mass is 9.90. The summed E-state index contributed by atoms with van der Waals surface area (Å²) in [6, 6.07) is 21.0. The van der Waals surface area contributed by atoms with Crippen molar-refractivity contribution in [1.82, 2.24) is 9.88 Å². The number of benzene rings is 3. The Hall–Kier alpha value is -3.97. The van der Waals surface area contributed by atoms with Gasteiger partial charge in [0.1, 0.15) is 11.4 Å². The third-order valence-corrected chi connectivity index (χ3v) is 7.81. The van der Waals surface area contributed by atoms with Crippen molar-refractivity contribution in [2.45, 2.75) is 13.0 Å². The quantitative estimate of drug-likeness (QED) is 0.422. The zero-order valence-corrected chi connectivity index (χ0v) is 20.4. The summed E-state index contributed by atoms with van der Waals surface area (Å²) in [6.45, 7) is 3.82. The number of hydrogen-bond donors (Lipinski definition) is 2. The molecule has 0 unspecified atom stereocenters. The summed E-state index contributed by atoms with van der Waals surface area (Å²) in [5.74, 6) is -0.808. The molecule has 37 heavy (non-hydrogen) atoms. The van der Waals surface area contributed by atoms with E-state index in [0.717, 1.165) is 49.3 Å². The van der Waals surface area contributed by atoms with Crippen molar-refractivity contribution >= 4 is 22.6 Å². The van der Waals surface area contributed by atoms with Crippen LogP contribution in [0.15, 0.2) is 77.7 Å². The molecule has 0 bridgehead atoms. The van der Waals surface area contributed by atoms with E-state index in [-0.39, 0.29) is 10.9 Å². The first-order valence-electron chi connectivity index (χ1n) is 12.7. The van der Waals surface area contributed by atoms with Gasteiger partial charge < -0.3 is 19.9 Å². The van der Waals surface area contributed by atoms with Crippen LogP contribution in [0.5, 0.6) is 0 Å². The number of piperidine rings is 1. The number of aromatic carboxylic acids is 1. The third-order valence-electron chi connectivity index (χ3n) is 7.81. The van der Waals surface area contributed by atoms with Crippen molar-refractivity contribution in [2.24, 2.45) is 11.8 Å². The van der Waals surface area contributed by atoms with E-state index in [1.165, 1.54) is 12.3 Å². The van der Waals surface area contributed by atoms with Gasteiger partial charge in [0.2, 0.25) is 5.43 Å². The molecule has 0 spiro atoms. The maximum Gasteiger partial charge on any atom is 0.341 e. The molecular weight excluding hydrogens is 469 g/mol. The van der Waals surface area contributed by atoms with Gasteiger partial charge in [-0.1, -0.05) is 54.6 Å². The first-order valence-corrected chi connectivity index (χ1v) is 12.7. The average molecular weight is 498 g/mol. The van der Waals surface area contributed by atoms with Crippen LogP contribution in [0.1, 0.15) is 22.3 Å². The van der Waals surface area contributed by atoms with E-state index < -0.39 is 17.2 Å². The molecule has 3 aromatic carbocycles. The lowest BCUT2D eigenvalue weighted by molar-refractivity contribution is 0.0695. The predicted octanol–water partition coefficient (Wildman–Crippen LogP) is 4.60. The highest BCUT2D eigenvalue weighted by Gasteiger charge is 2.35. The van der Waals surface area contributed by atoms with Crippen LogP contribution in [-0.4, -0.2) is 41.8 Å². The molecule has 2 aliphatic rings. The molecule has 188 valence electrons. The van der Waals surface area contributed by atoms with E-state index in [1.54, 1.807) is 10.6 Å². The maximum atomic E-state index is 15.4. The second-order valence-corrected chi connectivity index (χ2v) is 10.1. The summed E-state index contributed by atoms with van der Waals surface area (Å²) >= 11 is 0. The van der Waals surface area contributed by atoms with Crippen LogP contribution in [0.4, 0.5) is 10.1 Å². The number of anilines is 1. The lowest BCUT2D eigenvalue weighted by Gasteiger charge is -2.23. The van der Waals surface area contributed by atoms with Gasteiger partial charge in [-0.3, -0.25) is 4.79 Å². The zero-order chi connectivity index (χ0) is 25.5. The number of carbonyl (C=O) groups is 1. The fourth-order valence-electron chi connectivity index (χ4n) is 5.82. The second kappa shape index (κ2) is 9.48. The van der Waals surface area contributed by atoms with Gasteiger partial charge in [-0.2, -0.15) is 0 Å². The van der Waals surface area contributed by atoms with Crippen LogP contribution in [0, 0.1) is 17.7 Å². The Morgan fingerprint density at radius 2 is 1.73 bits per heavy atom. The highest BCUT2D eigenvalue weighted by Crippen LogP contribution is 2.34. The number of halogens is 1. The topological polar surface area (TPSA) is 74.6 Å². The Balaban J connectivity index is 1.40. The van der Waals surface area contributed by atoms with Crippen LogP contribution in [0.25, 0.3) is 22.0 Å². The van der Waals surface area contributed by atoms with Crippen LogP contribution in [-0.2, 0) is 6.54 Å². The van der Waals surface area contributed by atoms with E-state index in [4.69, 9.17) is 0 Å². The Morgan fingerprint density at radius 1 is 1.00 bits per heavy atom. The molecule has 1 aromatic heterocycles. The first kappa shape index (κ1) is 23.4. The SMILES string of the molecule is O=C(O)c1cn(Cc2ccc(-c3ccccc3)cc2)c2cc(N3C[C@H]4CCNC[C@H]4C3)c(F)cc2c1=O. The smallest absolute Gasteiger partial charge is 0.341 e. The molecule has 3 heterocycles. The summed E-state index contributed by atoms with van der Waals surface area (Å²) in [6.07, 6.45) is 2.45. The molecule has 2 aliphatic heterocycles. The minimum Gasteiger partial charge on any atom is -0.477 e. The molecule has 2 saturated heterocycles. The summed E-state index contributed by atoms with van der Waals surface area (Å²) in [4.78, 5) is 26.9. The number of pyridine rings is 1. The lowest BCUT2D eigenvalue weighted by Crippen LogP contribution is -2.35. The van der Waals surface area contributed by atoms with E-state index in [0.29, 0.717) is 29.6 Å². The standard InChI is InChI=1S/C30H28FN3O3/c31-26-12-24-27(13-28(26)34-16-22-10-11-32-14-23(22)17-34)33(18-25(29(24)35)30(36)37)15-19-6-8-21(9-7-19)20-4-2-1-3-5-20/h1-9,12-13,18,22-23,32H,10-11,14-17H2,(H,36,37)/t22-,23+/m1/s1. The second-order valence-electron chi connectivity index (χ2n) is 10.1. The number of carboxylic acids is 1. The molecule has 6 nitrogen and oxygen atoms in total. The number of carboxylic acid groups (broad SMARTS) is 1. The van der Waals surface area contributed by atoms with Gasteiger partial charge in [-0.25, -0.2) is 9.18 Å². The van der Waals surface area contributed by atoms with Crippen molar-refractivity contribution in [3.8, 4) is 11.1 Å². The van der Waals surface area contributed by atoms with Gasteiger partial charge in [-0.05, 0) is 60.2 Å². The number of aromatic nitrogens is 1. The van der Waals surface area contributed by atoms with Crippen molar-refractivity contribution in [2.75, 3.05) is 31.1 Å². The molecule has 0 radical (unpaired) electrons. The van der Waals surface area contributed by atoms with E-state index in [9.17, 15) is 14.7 Å². The predicted molar refractivity (Wildman–Crippen MR) is 143 cm³/mol. The Morgan fingerprint density at radius 3 is 2.46 bits per heavy atom. The average Bonchev–Trinajstić information content (AvgIpc) is 3.35. The highest BCUT2D eigenvalue weighted by atomic mass is 19.1. The molecule has 0 amide bonds. The number of nitrogens with one attached hydrogen (secondary N) is 1. The number of hydrogen-bond acceptors (Lipinski definition) is 4. The van der Waals surface area contributed by atoms with Gasteiger partial charge >= 0.3 is 5.97 Å². The molecule has 4 aromatic rings. The first-order chi connectivity index (χ1) is 18.0. The molecule has 0 saturated carbocycles. The number of fused-ring (bicyclic) bond motifs is 2. The van der Waals surface area contributed by atoms with Crippen LogP contribution in [0.3, 0.4) is 0 Å². The van der Waals surface area contributed by atoms with Crippen LogP contribution >= 0.6 is 0 Å². The summed E-state index contributed by atoms with van der Waals surface area (Å²) in [5.41, 5.74) is 3.11. The van der Waals surface area contributed by atoms with E-state index >= 15 is 4.39 Å². The highest BCUT2D eigenvalue weighted by molar-refractivity contribution is 5.93. The molecule has 0 aliphatic carbocycles. The maximum absolute atomic E-state index is 15.4. The Labute approximate surface area is 214 Å². The number of nitrogens with zero attached hydrogens (tertiary/aromatic N) is 2. The van der Waals surface area contributed by atoms with Crippen molar-refractivity contribution in [3.63, 3.8) is 0 Å². The minimum absolute atomic E-state index is 0.0836. The summed E-state index contributed by atoms with van der Waals surface area (Å²) in [5, 5.41) is 13.2. The molecule has 2 fully saturated rings. The molecule has 7 heteroatoms. The van der Waals surface area contributed by atoms with E-state index in [1.807, 2.05) is 54.6 Å². The molecule has 2 atom stereocenters. The summed E-state index contributed by atoms with van der Waals surface area (Å²) < 4.78 is 17.1. The van der Waals surface area contributed by atoms with Gasteiger partial charge in [0.05, 0.1) is 11.2 Å². The summed E-state index contributed by atoms with van der Waals surface area (Å²) in [7, 11) is 0. The Bertz CT molecular complexity index is 1520. The van der Waals surface area contributed by atoms with E-state index in [2.05, 4.69) is 10.2 Å². The molecular formula is C30H28FN3O3. The van der Waals surface area contributed by atoms with Crippen molar-refractivity contribution < 1.29 is 14.3 Å². The van der Waals surface area contributed by atoms with Crippen molar-refractivity contribution in [3.05, 3.63) is 100 Å². The fraction of sp³-hybridized carbons (Fsp3) is 0.267. The fourth-order valence-corrected chi connectivity index (χ4v) is 5.82. The molecule has 6 rings (SSSR count). The minimum atomic E-state index is -1.32. The Kier molecular flexibility index (Phi) is 6.00. The monoisotopic (exact) mass is 497 g/mol. The normalized spacial score (nSPS) is 19.2. The van der Waals surface area contributed by atoms with Gasteiger partial charge in [0, 0.05) is 31.2 Å². The largest absolute Gasteiger partial charge is 0.477 e. The number of rotatable bonds is 5. The van der Waals surface area contributed by atoms with Gasteiger partial charge in [0.15, 0.2) is 0 Å². The van der Waals surface area contributed by atoms with Gasteiger partial charge in [0.25, 0.3) is 0 Å². The molecule has 2 N–H and O–H groups in total. The van der Waals surface area contributed by atoms with Gasteiger partial charge in [-0.15, -0.1) is 0 Å². The van der Waals surface area contributed by atoms with Crippen LogP contribution < -0.4 is 15.6 Å². The van der Waals surface area contributed by atoms with Crippen LogP contribution in [0.2, 0.25) is 0 Å². The van der Waals surface area contributed by atoms with Crippen molar-refractivity contribution in [1.29, 1.82) is 0 Å².